The Balaban J connectivity index is 1.51. The van der Waals surface area contributed by atoms with E-state index in [4.69, 9.17) is 0 Å². The van der Waals surface area contributed by atoms with Crippen molar-refractivity contribution in [1.29, 1.82) is 0 Å². The van der Waals surface area contributed by atoms with Gasteiger partial charge in [0.15, 0.2) is 0 Å². The molecule has 7 nitrogen and oxygen atoms in total. The molecule has 9 heteroatoms. The maximum atomic E-state index is 12.8. The minimum absolute atomic E-state index is 0.0575. The van der Waals surface area contributed by atoms with E-state index in [0.717, 1.165) is 24.3 Å². The van der Waals surface area contributed by atoms with Crippen LogP contribution in [-0.2, 0) is 21.4 Å². The highest BCUT2D eigenvalue weighted by Gasteiger charge is 2.33. The molecular formula is C17H24N4O3S2. The normalized spacial score (nSPS) is 18.7. The Labute approximate surface area is 158 Å². The molecule has 2 aromatic rings. The summed E-state index contributed by atoms with van der Waals surface area (Å²) >= 11 is 1.28. The van der Waals surface area contributed by atoms with Gasteiger partial charge >= 0.3 is 0 Å². The second-order valence-corrected chi connectivity index (χ2v) is 9.97. The van der Waals surface area contributed by atoms with Gasteiger partial charge < -0.3 is 9.88 Å². The Kier molecular flexibility index (Phi) is 6.10. The molecule has 1 N–H and O–H groups in total. The Morgan fingerprint density at radius 1 is 1.42 bits per heavy atom. The molecule has 3 rings (SSSR count). The number of thiophene rings is 1. The second kappa shape index (κ2) is 8.32. The first-order valence-electron chi connectivity index (χ1n) is 8.77. The number of rotatable bonds is 7. The number of hydrogen-bond donors (Lipinski definition) is 1. The summed E-state index contributed by atoms with van der Waals surface area (Å²) in [6.07, 6.45) is 7.60. The highest BCUT2D eigenvalue weighted by Crippen LogP contribution is 2.28. The number of imidazole rings is 1. The summed E-state index contributed by atoms with van der Waals surface area (Å²) in [5, 5.41) is 2.94. The molecule has 1 fully saturated rings. The quantitative estimate of drug-likeness (QED) is 0.724. The fourth-order valence-corrected chi connectivity index (χ4v) is 6.05. The number of amides is 1. The molecule has 1 aliphatic rings. The van der Waals surface area contributed by atoms with Crippen LogP contribution in [0, 0.1) is 12.8 Å². The van der Waals surface area contributed by atoms with E-state index >= 15 is 0 Å². The van der Waals surface area contributed by atoms with Gasteiger partial charge in [-0.3, -0.25) is 4.79 Å². The molecule has 0 bridgehead atoms. The van der Waals surface area contributed by atoms with E-state index in [1.807, 2.05) is 23.8 Å². The molecule has 0 spiro atoms. The van der Waals surface area contributed by atoms with Gasteiger partial charge in [0.1, 0.15) is 4.21 Å². The monoisotopic (exact) mass is 396 g/mol. The first-order chi connectivity index (χ1) is 12.5. The molecule has 0 aromatic carbocycles. The number of hydrogen-bond acceptors (Lipinski definition) is 5. The molecule has 0 saturated carbocycles. The van der Waals surface area contributed by atoms with E-state index < -0.39 is 10.0 Å². The number of aromatic nitrogens is 2. The molecule has 142 valence electrons. The zero-order valence-corrected chi connectivity index (χ0v) is 16.4. The molecule has 1 saturated heterocycles. The van der Waals surface area contributed by atoms with E-state index in [1.54, 1.807) is 18.6 Å². The van der Waals surface area contributed by atoms with Crippen LogP contribution in [0.15, 0.2) is 35.1 Å². The highest BCUT2D eigenvalue weighted by atomic mass is 32.2. The van der Waals surface area contributed by atoms with Crippen molar-refractivity contribution < 1.29 is 13.2 Å². The minimum atomic E-state index is -3.50. The topological polar surface area (TPSA) is 84.3 Å². The van der Waals surface area contributed by atoms with E-state index in [-0.39, 0.29) is 18.4 Å². The van der Waals surface area contributed by atoms with Crippen LogP contribution in [0.3, 0.4) is 0 Å². The molecule has 26 heavy (non-hydrogen) atoms. The van der Waals surface area contributed by atoms with Crippen molar-refractivity contribution in [3.63, 3.8) is 0 Å². The number of nitrogens with zero attached hydrogens (tertiary/aromatic N) is 3. The van der Waals surface area contributed by atoms with Crippen molar-refractivity contribution in [2.45, 2.75) is 36.9 Å². The molecular weight excluding hydrogens is 372 g/mol. The number of aryl methyl sites for hydroxylation is 2. The smallest absolute Gasteiger partial charge is 0.252 e. The molecule has 1 aliphatic heterocycles. The average molecular weight is 397 g/mol. The van der Waals surface area contributed by atoms with Gasteiger partial charge in [-0.05, 0) is 38.3 Å². The van der Waals surface area contributed by atoms with Crippen molar-refractivity contribution in [1.82, 2.24) is 19.2 Å². The summed E-state index contributed by atoms with van der Waals surface area (Å²) in [6.45, 7) is 3.99. The van der Waals surface area contributed by atoms with Crippen molar-refractivity contribution in [2.24, 2.45) is 5.92 Å². The highest BCUT2D eigenvalue weighted by molar-refractivity contribution is 7.91. The third kappa shape index (κ3) is 4.52. The summed E-state index contributed by atoms with van der Waals surface area (Å²) in [6, 6.07) is 3.46. The van der Waals surface area contributed by atoms with Crippen molar-refractivity contribution in [3.8, 4) is 0 Å². The first-order valence-corrected chi connectivity index (χ1v) is 11.0. The largest absolute Gasteiger partial charge is 0.356 e. The van der Waals surface area contributed by atoms with E-state index in [0.29, 0.717) is 23.7 Å². The fourth-order valence-electron chi connectivity index (χ4n) is 3.09. The van der Waals surface area contributed by atoms with Crippen LogP contribution in [0.25, 0.3) is 0 Å². The Morgan fingerprint density at radius 2 is 2.27 bits per heavy atom. The summed E-state index contributed by atoms with van der Waals surface area (Å²) < 4.78 is 29.3. The lowest BCUT2D eigenvalue weighted by Crippen LogP contribution is -2.45. The fraction of sp³-hybridized carbons (Fsp3) is 0.529. The minimum Gasteiger partial charge on any atom is -0.356 e. The predicted octanol–water partition coefficient (Wildman–Crippen LogP) is 1.86. The Bertz CT molecular complexity index is 830. The lowest BCUT2D eigenvalue weighted by atomic mass is 9.99. The van der Waals surface area contributed by atoms with Gasteiger partial charge in [0.2, 0.25) is 5.91 Å². The van der Waals surface area contributed by atoms with E-state index in [9.17, 15) is 13.2 Å². The van der Waals surface area contributed by atoms with Crippen LogP contribution in [0.1, 0.15) is 24.1 Å². The SMILES string of the molecule is Cc1ccc(S(=O)(=O)N2CCCC(C(=O)NCCCn3ccnc3)C2)s1. The second-order valence-electron chi connectivity index (χ2n) is 6.51. The number of piperidine rings is 1. The maximum Gasteiger partial charge on any atom is 0.252 e. The predicted molar refractivity (Wildman–Crippen MR) is 100 cm³/mol. The third-order valence-corrected chi connectivity index (χ3v) is 7.85. The Morgan fingerprint density at radius 3 is 2.96 bits per heavy atom. The van der Waals surface area contributed by atoms with Crippen LogP contribution >= 0.6 is 11.3 Å². The van der Waals surface area contributed by atoms with Crippen LogP contribution in [0.2, 0.25) is 0 Å². The van der Waals surface area contributed by atoms with Gasteiger partial charge in [0, 0.05) is 43.4 Å². The number of nitrogens with one attached hydrogen (secondary N) is 1. The van der Waals surface area contributed by atoms with Crippen LogP contribution in [-0.4, -0.2) is 47.8 Å². The van der Waals surface area contributed by atoms with Gasteiger partial charge in [-0.1, -0.05) is 0 Å². The van der Waals surface area contributed by atoms with Gasteiger partial charge in [0.05, 0.1) is 12.2 Å². The van der Waals surface area contributed by atoms with E-state index in [1.165, 1.54) is 15.6 Å². The van der Waals surface area contributed by atoms with Gasteiger partial charge in [-0.15, -0.1) is 11.3 Å². The van der Waals surface area contributed by atoms with Crippen molar-refractivity contribution in [3.05, 3.63) is 35.7 Å². The molecule has 1 unspecified atom stereocenters. The molecule has 0 aliphatic carbocycles. The summed E-state index contributed by atoms with van der Waals surface area (Å²) in [4.78, 5) is 17.4. The standard InChI is InChI=1S/C17H24N4O3S2/c1-14-5-6-16(25-14)26(23,24)21-10-2-4-15(12-21)17(22)19-7-3-9-20-11-8-18-13-20/h5-6,8,11,13,15H,2-4,7,9-10,12H2,1H3,(H,19,22). The number of sulfonamides is 1. The van der Waals surface area contributed by atoms with Gasteiger partial charge in [-0.2, -0.15) is 4.31 Å². The lowest BCUT2D eigenvalue weighted by Gasteiger charge is -2.30. The van der Waals surface area contributed by atoms with Gasteiger partial charge in [0.25, 0.3) is 10.0 Å². The van der Waals surface area contributed by atoms with Crippen molar-refractivity contribution in [2.75, 3.05) is 19.6 Å². The molecule has 0 radical (unpaired) electrons. The summed E-state index contributed by atoms with van der Waals surface area (Å²) in [7, 11) is -3.50. The molecule has 3 heterocycles. The van der Waals surface area contributed by atoms with Crippen molar-refractivity contribution >= 4 is 27.3 Å². The zero-order chi connectivity index (χ0) is 18.6. The summed E-state index contributed by atoms with van der Waals surface area (Å²) in [5.74, 6) is -0.342. The summed E-state index contributed by atoms with van der Waals surface area (Å²) in [5.41, 5.74) is 0. The van der Waals surface area contributed by atoms with E-state index in [2.05, 4.69) is 10.3 Å². The molecule has 1 amide bonds. The zero-order valence-electron chi connectivity index (χ0n) is 14.8. The average Bonchev–Trinajstić information content (AvgIpc) is 3.30. The van der Waals surface area contributed by atoms with Gasteiger partial charge in [-0.25, -0.2) is 13.4 Å². The van der Waals surface area contributed by atoms with Crippen LogP contribution in [0.5, 0.6) is 0 Å². The third-order valence-electron chi connectivity index (χ3n) is 4.52. The molecule has 2 aromatic heterocycles. The van der Waals surface area contributed by atoms with Crippen LogP contribution < -0.4 is 5.32 Å². The lowest BCUT2D eigenvalue weighted by molar-refractivity contribution is -0.126. The van der Waals surface area contributed by atoms with Crippen LogP contribution in [0.4, 0.5) is 0 Å². The Hall–Kier alpha value is -1.71. The maximum absolute atomic E-state index is 12.8. The first kappa shape index (κ1) is 19.1. The number of carbonyl (C=O) groups excluding carboxylic acids is 1. The number of carbonyl (C=O) groups is 1. The molecule has 1 atom stereocenters.